The third-order valence-corrected chi connectivity index (χ3v) is 3.36. The Labute approximate surface area is 110 Å². The summed E-state index contributed by atoms with van der Waals surface area (Å²) in [5.41, 5.74) is 2.37. The van der Waals surface area contributed by atoms with Gasteiger partial charge < -0.3 is 0 Å². The molecule has 87 valence electrons. The topological polar surface area (TPSA) is 0 Å². The molecule has 17 heavy (non-hydrogen) atoms. The summed E-state index contributed by atoms with van der Waals surface area (Å²) in [7, 11) is 0. The van der Waals surface area contributed by atoms with Crippen LogP contribution >= 0.6 is 23.2 Å². The summed E-state index contributed by atoms with van der Waals surface area (Å²) in [4.78, 5) is 0. The highest BCUT2D eigenvalue weighted by Gasteiger charge is 2.14. The fourth-order valence-corrected chi connectivity index (χ4v) is 2.37. The predicted molar refractivity (Wildman–Crippen MR) is 70.2 cm³/mol. The Hall–Kier alpha value is -1.05. The van der Waals surface area contributed by atoms with Crippen LogP contribution in [-0.2, 0) is 0 Å². The molecule has 0 saturated carbocycles. The summed E-state index contributed by atoms with van der Waals surface area (Å²) < 4.78 is 13.8. The lowest BCUT2D eigenvalue weighted by atomic mass is 9.98. The van der Waals surface area contributed by atoms with Crippen LogP contribution in [0.25, 0.3) is 11.1 Å². The minimum atomic E-state index is -0.265. The van der Waals surface area contributed by atoms with E-state index in [0.29, 0.717) is 32.3 Å². The second-order valence-electron chi connectivity index (χ2n) is 3.86. The van der Waals surface area contributed by atoms with Crippen LogP contribution in [0.4, 0.5) is 4.39 Å². The second kappa shape index (κ2) is 4.67. The van der Waals surface area contributed by atoms with Gasteiger partial charge in [-0.2, -0.15) is 0 Å². The second-order valence-corrected chi connectivity index (χ2v) is 4.68. The van der Waals surface area contributed by atoms with Crippen molar-refractivity contribution in [2.75, 3.05) is 0 Å². The summed E-state index contributed by atoms with van der Waals surface area (Å²) in [5.74, 6) is -0.265. The highest BCUT2D eigenvalue weighted by Crippen LogP contribution is 2.37. The van der Waals surface area contributed by atoms with Gasteiger partial charge in [-0.15, -0.1) is 0 Å². The molecule has 2 aromatic carbocycles. The van der Waals surface area contributed by atoms with Crippen LogP contribution in [0.15, 0.2) is 24.3 Å². The highest BCUT2D eigenvalue weighted by molar-refractivity contribution is 6.39. The van der Waals surface area contributed by atoms with E-state index in [1.54, 1.807) is 38.1 Å². The first kappa shape index (κ1) is 12.4. The maximum atomic E-state index is 13.8. The van der Waals surface area contributed by atoms with Crippen molar-refractivity contribution in [1.82, 2.24) is 0 Å². The van der Waals surface area contributed by atoms with Gasteiger partial charge in [-0.3, -0.25) is 0 Å². The minimum Gasteiger partial charge on any atom is -0.206 e. The van der Waals surface area contributed by atoms with Gasteiger partial charge >= 0.3 is 0 Å². The lowest BCUT2D eigenvalue weighted by Gasteiger charge is -2.11. The van der Waals surface area contributed by atoms with Crippen LogP contribution in [-0.4, -0.2) is 0 Å². The molecule has 2 rings (SSSR count). The zero-order valence-electron chi connectivity index (χ0n) is 9.44. The SMILES string of the molecule is Cc1[c]cc(-c2c(Cl)cccc2Cl)c(C)c1F. The van der Waals surface area contributed by atoms with Crippen LogP contribution in [0, 0.1) is 25.7 Å². The van der Waals surface area contributed by atoms with Crippen LogP contribution in [0.5, 0.6) is 0 Å². The molecule has 2 aromatic rings. The average molecular weight is 268 g/mol. The first-order chi connectivity index (χ1) is 8.02. The van der Waals surface area contributed by atoms with Gasteiger partial charge in [-0.25, -0.2) is 4.39 Å². The van der Waals surface area contributed by atoms with Gasteiger partial charge in [0.05, 0.1) is 0 Å². The normalized spacial score (nSPS) is 10.6. The standard InChI is InChI=1S/C14H10Cl2F/c1-8-6-7-10(9(2)14(8)17)13-11(15)4-3-5-12(13)16/h3-5,7H,1-2H3. The molecule has 1 radical (unpaired) electrons. The van der Waals surface area contributed by atoms with Crippen LogP contribution < -0.4 is 0 Å². The lowest BCUT2D eigenvalue weighted by Crippen LogP contribution is -1.93. The molecule has 0 aliphatic rings. The quantitative estimate of drug-likeness (QED) is 0.665. The van der Waals surface area contributed by atoms with Crippen molar-refractivity contribution in [3.8, 4) is 11.1 Å². The fourth-order valence-electron chi connectivity index (χ4n) is 1.77. The average Bonchev–Trinajstić information content (AvgIpc) is 2.29. The summed E-state index contributed by atoms with van der Waals surface area (Å²) in [6.07, 6.45) is 0. The van der Waals surface area contributed by atoms with Gasteiger partial charge in [0.2, 0.25) is 0 Å². The minimum absolute atomic E-state index is 0.265. The number of aryl methyl sites for hydroxylation is 1. The molecule has 0 heterocycles. The van der Waals surface area contributed by atoms with Gasteiger partial charge in [0.15, 0.2) is 0 Å². The smallest absolute Gasteiger partial charge is 0.130 e. The molecule has 0 nitrogen and oxygen atoms in total. The van der Waals surface area contributed by atoms with Crippen molar-refractivity contribution >= 4 is 23.2 Å². The maximum Gasteiger partial charge on any atom is 0.130 e. The van der Waals surface area contributed by atoms with Crippen LogP contribution in [0.1, 0.15) is 11.1 Å². The molecule has 0 N–H and O–H groups in total. The Bertz CT molecular complexity index is 556. The van der Waals surface area contributed by atoms with Gasteiger partial charge in [-0.1, -0.05) is 29.3 Å². The van der Waals surface area contributed by atoms with Gasteiger partial charge in [0.1, 0.15) is 5.82 Å². The Morgan fingerprint density at radius 3 is 2.29 bits per heavy atom. The molecule has 0 saturated heterocycles. The zero-order chi connectivity index (χ0) is 12.6. The molecule has 0 spiro atoms. The summed E-state index contributed by atoms with van der Waals surface area (Å²) >= 11 is 12.2. The van der Waals surface area contributed by atoms with E-state index >= 15 is 0 Å². The molecule has 0 aliphatic heterocycles. The summed E-state index contributed by atoms with van der Waals surface area (Å²) in [6.45, 7) is 3.39. The van der Waals surface area contributed by atoms with Crippen molar-refractivity contribution in [2.45, 2.75) is 13.8 Å². The molecule has 0 bridgehead atoms. The zero-order valence-corrected chi connectivity index (χ0v) is 11.0. The van der Waals surface area contributed by atoms with E-state index in [1.807, 2.05) is 0 Å². The van der Waals surface area contributed by atoms with Gasteiger partial charge in [-0.05, 0) is 54.8 Å². The lowest BCUT2D eigenvalue weighted by molar-refractivity contribution is 0.609. The van der Waals surface area contributed by atoms with Crippen molar-refractivity contribution in [3.05, 3.63) is 57.3 Å². The highest BCUT2D eigenvalue weighted by atomic mass is 35.5. The molecular formula is C14H10Cl2F. The Morgan fingerprint density at radius 1 is 1.12 bits per heavy atom. The van der Waals surface area contributed by atoms with Crippen molar-refractivity contribution in [1.29, 1.82) is 0 Å². The van der Waals surface area contributed by atoms with E-state index < -0.39 is 0 Å². The molecule has 0 atom stereocenters. The third kappa shape index (κ3) is 2.18. The number of benzene rings is 2. The molecule has 0 unspecified atom stereocenters. The van der Waals surface area contributed by atoms with E-state index in [9.17, 15) is 4.39 Å². The van der Waals surface area contributed by atoms with E-state index in [1.165, 1.54) is 0 Å². The molecule has 0 aliphatic carbocycles. The number of hydrogen-bond donors (Lipinski definition) is 0. The predicted octanol–water partition coefficient (Wildman–Crippen LogP) is 5.22. The van der Waals surface area contributed by atoms with Gasteiger partial charge in [0.25, 0.3) is 0 Å². The molecule has 0 amide bonds. The fraction of sp³-hybridized carbons (Fsp3) is 0.143. The van der Waals surface area contributed by atoms with E-state index in [4.69, 9.17) is 23.2 Å². The van der Waals surface area contributed by atoms with Crippen molar-refractivity contribution < 1.29 is 4.39 Å². The van der Waals surface area contributed by atoms with Crippen LogP contribution in [0.3, 0.4) is 0 Å². The first-order valence-corrected chi connectivity index (χ1v) is 5.89. The molecule has 0 fully saturated rings. The summed E-state index contributed by atoms with van der Waals surface area (Å²) in [6, 6.07) is 9.83. The molecule has 0 aromatic heterocycles. The maximum absolute atomic E-state index is 13.8. The van der Waals surface area contributed by atoms with E-state index in [2.05, 4.69) is 6.07 Å². The number of hydrogen-bond acceptors (Lipinski definition) is 0. The van der Waals surface area contributed by atoms with Crippen LogP contribution in [0.2, 0.25) is 10.0 Å². The summed E-state index contributed by atoms with van der Waals surface area (Å²) in [5, 5.41) is 1.02. The first-order valence-electron chi connectivity index (χ1n) is 5.14. The third-order valence-electron chi connectivity index (χ3n) is 2.73. The van der Waals surface area contributed by atoms with E-state index in [-0.39, 0.29) is 5.82 Å². The Balaban J connectivity index is 2.74. The van der Waals surface area contributed by atoms with Crippen molar-refractivity contribution in [2.24, 2.45) is 0 Å². The Morgan fingerprint density at radius 2 is 1.71 bits per heavy atom. The van der Waals surface area contributed by atoms with E-state index in [0.717, 1.165) is 0 Å². The largest absolute Gasteiger partial charge is 0.206 e. The number of halogens is 3. The molecular weight excluding hydrogens is 258 g/mol. The molecule has 3 heteroatoms. The Kier molecular flexibility index (Phi) is 3.41. The van der Waals surface area contributed by atoms with Gasteiger partial charge in [0, 0.05) is 15.6 Å². The number of rotatable bonds is 1. The van der Waals surface area contributed by atoms with Crippen molar-refractivity contribution in [3.63, 3.8) is 0 Å². The monoisotopic (exact) mass is 267 g/mol.